The Hall–Kier alpha value is -1.15. The van der Waals surface area contributed by atoms with E-state index in [1.165, 1.54) is 37.7 Å². The Morgan fingerprint density at radius 3 is 2.32 bits per heavy atom. The van der Waals surface area contributed by atoms with Gasteiger partial charge in [0.25, 0.3) is 0 Å². The van der Waals surface area contributed by atoms with Crippen molar-refractivity contribution >= 4 is 5.78 Å². The van der Waals surface area contributed by atoms with Crippen LogP contribution in [-0.4, -0.2) is 17.0 Å². The summed E-state index contributed by atoms with van der Waals surface area (Å²) in [6.07, 6.45) is 10.6. The predicted octanol–water partition coefficient (Wildman–Crippen LogP) is 5.08. The second-order valence-electron chi connectivity index (χ2n) is 6.29. The highest BCUT2D eigenvalue weighted by Crippen LogP contribution is 2.12. The zero-order chi connectivity index (χ0) is 16.0. The number of rotatable bonds is 13. The first-order valence-corrected chi connectivity index (χ1v) is 8.96. The van der Waals surface area contributed by atoms with Crippen LogP contribution in [-0.2, 0) is 11.2 Å². The predicted molar refractivity (Wildman–Crippen MR) is 93.0 cm³/mol. The first-order valence-electron chi connectivity index (χ1n) is 8.96. The van der Waals surface area contributed by atoms with Crippen molar-refractivity contribution in [2.45, 2.75) is 83.7 Å². The monoisotopic (exact) mass is 304 g/mol. The second-order valence-corrected chi connectivity index (χ2v) is 6.29. The van der Waals surface area contributed by atoms with Gasteiger partial charge in [-0.1, -0.05) is 75.8 Å². The zero-order valence-electron chi connectivity index (χ0n) is 14.1. The minimum atomic E-state index is -0.489. The molecule has 1 atom stereocenters. The number of ketones is 1. The summed E-state index contributed by atoms with van der Waals surface area (Å²) in [5.41, 5.74) is 1.22. The molecule has 0 bridgehead atoms. The molecule has 2 heteroatoms. The summed E-state index contributed by atoms with van der Waals surface area (Å²) in [4.78, 5) is 11.8. The van der Waals surface area contributed by atoms with Crippen LogP contribution in [0.4, 0.5) is 0 Å². The van der Waals surface area contributed by atoms with Gasteiger partial charge >= 0.3 is 0 Å². The first-order chi connectivity index (χ1) is 10.7. The average Bonchev–Trinajstić information content (AvgIpc) is 2.53. The fraction of sp³-hybridized carbons (Fsp3) is 0.650. The van der Waals surface area contributed by atoms with Crippen molar-refractivity contribution in [3.8, 4) is 0 Å². The van der Waals surface area contributed by atoms with Crippen LogP contribution < -0.4 is 0 Å². The van der Waals surface area contributed by atoms with Crippen LogP contribution in [0.2, 0.25) is 0 Å². The van der Waals surface area contributed by atoms with Crippen LogP contribution in [0.15, 0.2) is 30.3 Å². The molecule has 0 aliphatic heterocycles. The van der Waals surface area contributed by atoms with E-state index in [2.05, 4.69) is 19.1 Å². The van der Waals surface area contributed by atoms with Crippen LogP contribution >= 0.6 is 0 Å². The van der Waals surface area contributed by atoms with Gasteiger partial charge in [0.05, 0.1) is 6.10 Å². The van der Waals surface area contributed by atoms with E-state index in [0.29, 0.717) is 19.3 Å². The van der Waals surface area contributed by atoms with Crippen molar-refractivity contribution in [3.63, 3.8) is 0 Å². The van der Waals surface area contributed by atoms with E-state index in [1.807, 2.05) is 18.2 Å². The molecule has 22 heavy (non-hydrogen) atoms. The number of benzene rings is 1. The minimum Gasteiger partial charge on any atom is -0.393 e. The molecule has 0 unspecified atom stereocenters. The number of hydrogen-bond donors (Lipinski definition) is 1. The highest BCUT2D eigenvalue weighted by Gasteiger charge is 2.10. The number of aliphatic hydroxyl groups is 1. The van der Waals surface area contributed by atoms with Gasteiger partial charge in [-0.05, 0) is 24.8 Å². The third kappa shape index (κ3) is 9.73. The number of hydrogen-bond acceptors (Lipinski definition) is 2. The van der Waals surface area contributed by atoms with E-state index in [0.717, 1.165) is 19.3 Å². The third-order valence-electron chi connectivity index (χ3n) is 4.13. The molecule has 1 aromatic carbocycles. The van der Waals surface area contributed by atoms with E-state index < -0.39 is 6.10 Å². The highest BCUT2D eigenvalue weighted by molar-refractivity contribution is 5.78. The van der Waals surface area contributed by atoms with Crippen molar-refractivity contribution in [1.82, 2.24) is 0 Å². The maximum atomic E-state index is 11.8. The van der Waals surface area contributed by atoms with E-state index in [-0.39, 0.29) is 5.78 Å². The van der Waals surface area contributed by atoms with Gasteiger partial charge < -0.3 is 5.11 Å². The molecule has 0 spiro atoms. The standard InChI is InChI=1S/C20H32O2/c1-2-3-4-5-6-7-11-14-19(21)17-20(22)16-15-18-12-9-8-10-13-18/h8-10,12-13,20,22H,2-7,11,14-17H2,1H3/t20-/m1/s1. The van der Waals surface area contributed by atoms with Gasteiger partial charge in [-0.2, -0.15) is 0 Å². The fourth-order valence-corrected chi connectivity index (χ4v) is 2.72. The van der Waals surface area contributed by atoms with Gasteiger partial charge in [-0.3, -0.25) is 4.79 Å². The molecule has 0 fully saturated rings. The van der Waals surface area contributed by atoms with Gasteiger partial charge in [0.1, 0.15) is 5.78 Å². The average molecular weight is 304 g/mol. The molecule has 2 nitrogen and oxygen atoms in total. The van der Waals surface area contributed by atoms with Crippen LogP contribution in [0.25, 0.3) is 0 Å². The largest absolute Gasteiger partial charge is 0.393 e. The van der Waals surface area contributed by atoms with Crippen LogP contribution in [0.5, 0.6) is 0 Å². The highest BCUT2D eigenvalue weighted by atomic mass is 16.3. The molecular weight excluding hydrogens is 272 g/mol. The molecule has 0 heterocycles. The van der Waals surface area contributed by atoms with Crippen molar-refractivity contribution < 1.29 is 9.90 Å². The summed E-state index contributed by atoms with van der Waals surface area (Å²) >= 11 is 0. The van der Waals surface area contributed by atoms with E-state index >= 15 is 0 Å². The fourth-order valence-electron chi connectivity index (χ4n) is 2.72. The molecule has 0 aromatic heterocycles. The second kappa shape index (κ2) is 12.4. The number of carbonyl (C=O) groups is 1. The third-order valence-corrected chi connectivity index (χ3v) is 4.13. The van der Waals surface area contributed by atoms with Gasteiger partial charge in [0.2, 0.25) is 0 Å². The quantitative estimate of drug-likeness (QED) is 0.516. The van der Waals surface area contributed by atoms with Crippen molar-refractivity contribution in [2.24, 2.45) is 0 Å². The molecule has 0 radical (unpaired) electrons. The molecule has 0 saturated carbocycles. The molecule has 1 aromatic rings. The smallest absolute Gasteiger partial charge is 0.135 e. The molecule has 0 aliphatic carbocycles. The summed E-state index contributed by atoms with van der Waals surface area (Å²) in [7, 11) is 0. The number of aryl methyl sites for hydroxylation is 1. The summed E-state index contributed by atoms with van der Waals surface area (Å²) < 4.78 is 0. The normalized spacial score (nSPS) is 12.3. The SMILES string of the molecule is CCCCCCCCCC(=O)C[C@H](O)CCc1ccccc1. The Bertz CT molecular complexity index is 386. The topological polar surface area (TPSA) is 37.3 Å². The van der Waals surface area contributed by atoms with Crippen molar-refractivity contribution in [2.75, 3.05) is 0 Å². The van der Waals surface area contributed by atoms with E-state index in [1.54, 1.807) is 0 Å². The summed E-state index contributed by atoms with van der Waals surface area (Å²) in [5.74, 6) is 0.217. The van der Waals surface area contributed by atoms with Gasteiger partial charge in [-0.15, -0.1) is 0 Å². The molecule has 1 rings (SSSR count). The lowest BCUT2D eigenvalue weighted by Crippen LogP contribution is -2.14. The Kier molecular flexibility index (Phi) is 10.7. The van der Waals surface area contributed by atoms with Gasteiger partial charge in [0, 0.05) is 12.8 Å². The first kappa shape index (κ1) is 18.9. The number of Topliss-reactive ketones (excluding diaryl/α,β-unsaturated/α-hetero) is 1. The number of carbonyl (C=O) groups excluding carboxylic acids is 1. The lowest BCUT2D eigenvalue weighted by atomic mass is 10.0. The molecular formula is C20H32O2. The molecule has 124 valence electrons. The summed E-state index contributed by atoms with van der Waals surface area (Å²) in [6.45, 7) is 2.22. The van der Waals surface area contributed by atoms with Crippen LogP contribution in [0.1, 0.15) is 76.7 Å². The van der Waals surface area contributed by atoms with E-state index in [4.69, 9.17) is 0 Å². The maximum Gasteiger partial charge on any atom is 0.135 e. The maximum absolute atomic E-state index is 11.8. The Morgan fingerprint density at radius 2 is 1.64 bits per heavy atom. The Balaban J connectivity index is 2.01. The molecule has 0 amide bonds. The molecule has 0 saturated heterocycles. The molecule has 0 aliphatic rings. The number of aliphatic hydroxyl groups excluding tert-OH is 1. The number of unbranched alkanes of at least 4 members (excludes halogenated alkanes) is 6. The van der Waals surface area contributed by atoms with Crippen LogP contribution in [0, 0.1) is 0 Å². The lowest BCUT2D eigenvalue weighted by Gasteiger charge is -2.10. The van der Waals surface area contributed by atoms with Gasteiger partial charge in [-0.25, -0.2) is 0 Å². The van der Waals surface area contributed by atoms with Crippen molar-refractivity contribution in [1.29, 1.82) is 0 Å². The van der Waals surface area contributed by atoms with Crippen molar-refractivity contribution in [3.05, 3.63) is 35.9 Å². The minimum absolute atomic E-state index is 0.217. The summed E-state index contributed by atoms with van der Waals surface area (Å²) in [5, 5.41) is 9.96. The lowest BCUT2D eigenvalue weighted by molar-refractivity contribution is -0.121. The van der Waals surface area contributed by atoms with E-state index in [9.17, 15) is 9.90 Å². The zero-order valence-corrected chi connectivity index (χ0v) is 14.1. The Labute approximate surface area is 135 Å². The Morgan fingerprint density at radius 1 is 1.00 bits per heavy atom. The molecule has 1 N–H and O–H groups in total. The summed E-state index contributed by atoms with van der Waals surface area (Å²) in [6, 6.07) is 10.1. The van der Waals surface area contributed by atoms with Crippen LogP contribution in [0.3, 0.4) is 0 Å². The van der Waals surface area contributed by atoms with Gasteiger partial charge in [0.15, 0.2) is 0 Å².